The van der Waals surface area contributed by atoms with Gasteiger partial charge in [0.1, 0.15) is 5.82 Å². The summed E-state index contributed by atoms with van der Waals surface area (Å²) in [7, 11) is 0. The van der Waals surface area contributed by atoms with Gasteiger partial charge in [-0.25, -0.2) is 4.39 Å². The van der Waals surface area contributed by atoms with E-state index in [4.69, 9.17) is 17.3 Å². The van der Waals surface area contributed by atoms with Crippen molar-refractivity contribution in [3.63, 3.8) is 0 Å². The quantitative estimate of drug-likeness (QED) is 0.906. The third-order valence-corrected chi connectivity index (χ3v) is 3.07. The summed E-state index contributed by atoms with van der Waals surface area (Å²) < 4.78 is 13.1. The van der Waals surface area contributed by atoms with Crippen molar-refractivity contribution in [2.45, 2.75) is 18.9 Å². The van der Waals surface area contributed by atoms with Crippen molar-refractivity contribution in [1.82, 2.24) is 4.90 Å². The van der Waals surface area contributed by atoms with Gasteiger partial charge >= 0.3 is 0 Å². The zero-order valence-corrected chi connectivity index (χ0v) is 11.3. The Hall–Kier alpha value is -0.840. The molecule has 1 aliphatic heterocycles. The molecule has 1 aromatic rings. The molecule has 1 aliphatic rings. The molecule has 0 spiro atoms. The van der Waals surface area contributed by atoms with Gasteiger partial charge < -0.3 is 10.6 Å². The van der Waals surface area contributed by atoms with Crippen molar-refractivity contribution in [1.29, 1.82) is 0 Å². The SMILES string of the molecule is Cl.NC1CCN(C(=O)Cc2cc(F)cc(Cl)c2)C1. The number of rotatable bonds is 2. The highest BCUT2D eigenvalue weighted by Gasteiger charge is 2.23. The molecule has 6 heteroatoms. The van der Waals surface area contributed by atoms with Crippen molar-refractivity contribution in [2.75, 3.05) is 13.1 Å². The third kappa shape index (κ3) is 3.83. The second-order valence-electron chi connectivity index (χ2n) is 4.34. The highest BCUT2D eigenvalue weighted by atomic mass is 35.5. The van der Waals surface area contributed by atoms with E-state index in [0.29, 0.717) is 23.7 Å². The van der Waals surface area contributed by atoms with Crippen LogP contribution in [-0.4, -0.2) is 29.9 Å². The zero-order valence-electron chi connectivity index (χ0n) is 9.73. The van der Waals surface area contributed by atoms with Crippen LogP contribution in [0.1, 0.15) is 12.0 Å². The predicted molar refractivity (Wildman–Crippen MR) is 71.5 cm³/mol. The molecule has 1 saturated heterocycles. The highest BCUT2D eigenvalue weighted by Crippen LogP contribution is 2.16. The molecule has 2 rings (SSSR count). The van der Waals surface area contributed by atoms with Gasteiger partial charge in [0, 0.05) is 24.2 Å². The van der Waals surface area contributed by atoms with Crippen molar-refractivity contribution < 1.29 is 9.18 Å². The third-order valence-electron chi connectivity index (χ3n) is 2.86. The molecule has 2 N–H and O–H groups in total. The minimum absolute atomic E-state index is 0. The Bertz CT molecular complexity index is 422. The second kappa shape index (κ2) is 6.36. The second-order valence-corrected chi connectivity index (χ2v) is 4.78. The maximum atomic E-state index is 13.1. The Morgan fingerprint density at radius 2 is 2.22 bits per heavy atom. The van der Waals surface area contributed by atoms with Gasteiger partial charge in [-0.1, -0.05) is 11.6 Å². The summed E-state index contributed by atoms with van der Waals surface area (Å²) in [4.78, 5) is 13.6. The fourth-order valence-corrected chi connectivity index (χ4v) is 2.26. The van der Waals surface area contributed by atoms with E-state index in [-0.39, 0.29) is 30.8 Å². The van der Waals surface area contributed by atoms with Gasteiger partial charge in [0.2, 0.25) is 5.91 Å². The van der Waals surface area contributed by atoms with Crippen LogP contribution in [0.2, 0.25) is 5.02 Å². The Kier molecular flexibility index (Phi) is 5.38. The lowest BCUT2D eigenvalue weighted by Gasteiger charge is -2.15. The van der Waals surface area contributed by atoms with E-state index in [1.807, 2.05) is 0 Å². The fourth-order valence-electron chi connectivity index (χ4n) is 2.01. The minimum Gasteiger partial charge on any atom is -0.341 e. The molecule has 18 heavy (non-hydrogen) atoms. The number of carbonyl (C=O) groups is 1. The van der Waals surface area contributed by atoms with Gasteiger partial charge in [-0.3, -0.25) is 4.79 Å². The molecule has 0 aromatic heterocycles. The lowest BCUT2D eigenvalue weighted by molar-refractivity contribution is -0.129. The molecule has 1 atom stereocenters. The maximum absolute atomic E-state index is 13.1. The summed E-state index contributed by atoms with van der Waals surface area (Å²) in [6, 6.07) is 4.23. The standard InChI is InChI=1S/C12H14ClFN2O.ClH/c13-9-3-8(4-10(14)6-9)5-12(17)16-2-1-11(15)7-16;/h3-4,6,11H,1-2,5,7,15H2;1H. The predicted octanol–water partition coefficient (Wildman–Crippen LogP) is 2.00. The first-order valence-electron chi connectivity index (χ1n) is 5.53. The van der Waals surface area contributed by atoms with Crippen LogP contribution in [0.5, 0.6) is 0 Å². The summed E-state index contributed by atoms with van der Waals surface area (Å²) >= 11 is 5.73. The van der Waals surface area contributed by atoms with E-state index in [0.717, 1.165) is 6.42 Å². The largest absolute Gasteiger partial charge is 0.341 e. The number of carbonyl (C=O) groups excluding carboxylic acids is 1. The highest BCUT2D eigenvalue weighted by molar-refractivity contribution is 6.30. The number of nitrogens with zero attached hydrogens (tertiary/aromatic N) is 1. The number of hydrogen-bond acceptors (Lipinski definition) is 2. The number of likely N-dealkylation sites (tertiary alicyclic amines) is 1. The lowest BCUT2D eigenvalue weighted by atomic mass is 10.1. The monoisotopic (exact) mass is 292 g/mol. The number of amides is 1. The summed E-state index contributed by atoms with van der Waals surface area (Å²) in [5.74, 6) is -0.446. The van der Waals surface area contributed by atoms with Gasteiger partial charge in [-0.15, -0.1) is 12.4 Å². The molecule has 0 saturated carbocycles. The minimum atomic E-state index is -0.418. The van der Waals surface area contributed by atoms with Crippen LogP contribution in [0.25, 0.3) is 0 Å². The molecule has 1 fully saturated rings. The Balaban J connectivity index is 0.00000162. The maximum Gasteiger partial charge on any atom is 0.227 e. The van der Waals surface area contributed by atoms with E-state index in [9.17, 15) is 9.18 Å². The van der Waals surface area contributed by atoms with E-state index in [1.54, 1.807) is 11.0 Å². The number of nitrogens with two attached hydrogens (primary N) is 1. The van der Waals surface area contributed by atoms with E-state index < -0.39 is 5.82 Å². The van der Waals surface area contributed by atoms with Gasteiger partial charge in [0.15, 0.2) is 0 Å². The lowest BCUT2D eigenvalue weighted by Crippen LogP contribution is -2.32. The molecule has 0 bridgehead atoms. The average Bonchev–Trinajstić information content (AvgIpc) is 2.63. The summed E-state index contributed by atoms with van der Waals surface area (Å²) in [5, 5.41) is 0.311. The van der Waals surface area contributed by atoms with Crippen molar-refractivity contribution in [3.05, 3.63) is 34.6 Å². The van der Waals surface area contributed by atoms with E-state index >= 15 is 0 Å². The van der Waals surface area contributed by atoms with Crippen LogP contribution in [0.4, 0.5) is 4.39 Å². The topological polar surface area (TPSA) is 46.3 Å². The molecule has 100 valence electrons. The molecule has 1 unspecified atom stereocenters. The van der Waals surface area contributed by atoms with Crippen LogP contribution < -0.4 is 5.73 Å². The zero-order chi connectivity index (χ0) is 12.4. The molecule has 0 radical (unpaired) electrons. The Labute approximate surface area is 116 Å². The Morgan fingerprint density at radius 3 is 2.78 bits per heavy atom. The van der Waals surface area contributed by atoms with Crippen molar-refractivity contribution in [2.24, 2.45) is 5.73 Å². The summed E-state index contributed by atoms with van der Waals surface area (Å²) in [6.45, 7) is 1.27. The van der Waals surface area contributed by atoms with E-state index in [2.05, 4.69) is 0 Å². The number of benzene rings is 1. The van der Waals surface area contributed by atoms with Crippen LogP contribution in [0.15, 0.2) is 18.2 Å². The van der Waals surface area contributed by atoms with Crippen molar-refractivity contribution in [3.8, 4) is 0 Å². The first-order chi connectivity index (χ1) is 8.04. The molecule has 1 amide bonds. The summed E-state index contributed by atoms with van der Waals surface area (Å²) in [5.41, 5.74) is 6.33. The van der Waals surface area contributed by atoms with Gasteiger partial charge in [0.25, 0.3) is 0 Å². The van der Waals surface area contributed by atoms with Crippen LogP contribution in [0, 0.1) is 5.82 Å². The van der Waals surface area contributed by atoms with Crippen molar-refractivity contribution >= 4 is 29.9 Å². The molecule has 1 aromatic carbocycles. The van der Waals surface area contributed by atoms with Crippen LogP contribution >= 0.6 is 24.0 Å². The van der Waals surface area contributed by atoms with Gasteiger partial charge in [-0.2, -0.15) is 0 Å². The first kappa shape index (κ1) is 15.2. The average molecular weight is 293 g/mol. The van der Waals surface area contributed by atoms with Gasteiger partial charge in [-0.05, 0) is 30.2 Å². The molecule has 0 aliphatic carbocycles. The van der Waals surface area contributed by atoms with Crippen LogP contribution in [0.3, 0.4) is 0 Å². The molecular formula is C12H15Cl2FN2O. The molecule has 3 nitrogen and oxygen atoms in total. The van der Waals surface area contributed by atoms with E-state index in [1.165, 1.54) is 12.1 Å². The normalized spacial score (nSPS) is 18.6. The van der Waals surface area contributed by atoms with Crippen LogP contribution in [-0.2, 0) is 11.2 Å². The molecular weight excluding hydrogens is 278 g/mol. The number of hydrogen-bond donors (Lipinski definition) is 1. The van der Waals surface area contributed by atoms with Gasteiger partial charge in [0.05, 0.1) is 6.42 Å². The smallest absolute Gasteiger partial charge is 0.227 e. The fraction of sp³-hybridized carbons (Fsp3) is 0.417. The number of halogens is 3. The summed E-state index contributed by atoms with van der Waals surface area (Å²) in [6.07, 6.45) is 1.000. The first-order valence-corrected chi connectivity index (χ1v) is 5.91. The molecule has 1 heterocycles. The Morgan fingerprint density at radius 1 is 1.50 bits per heavy atom.